The Morgan fingerprint density at radius 3 is 2.86 bits per heavy atom. The van der Waals surface area contributed by atoms with Gasteiger partial charge in [-0.1, -0.05) is 17.7 Å². The molecule has 14 heavy (non-hydrogen) atoms. The molecule has 0 heterocycles. The smallest absolute Gasteiger partial charge is 0.0766 e. The summed E-state index contributed by atoms with van der Waals surface area (Å²) in [5, 5.41) is 3.83. The number of nitrogen functional groups attached to an aromatic ring is 1. The van der Waals surface area contributed by atoms with E-state index < -0.39 is 0 Å². The fourth-order valence-corrected chi connectivity index (χ4v) is 1.47. The lowest BCUT2D eigenvalue weighted by Crippen LogP contribution is -2.21. The van der Waals surface area contributed by atoms with Crippen LogP contribution in [0, 0.1) is 0 Å². The van der Waals surface area contributed by atoms with E-state index in [1.54, 1.807) is 13.2 Å². The summed E-state index contributed by atoms with van der Waals surface area (Å²) in [7, 11) is 1.66. The predicted octanol–water partition coefficient (Wildman–Crippen LogP) is 2.37. The number of nitrogens with one attached hydrogen (secondary N) is 1. The lowest BCUT2D eigenvalue weighted by atomic mass is 10.2. The zero-order chi connectivity index (χ0) is 10.6. The van der Waals surface area contributed by atoms with Crippen molar-refractivity contribution in [3.63, 3.8) is 0 Å². The van der Waals surface area contributed by atoms with Crippen molar-refractivity contribution < 1.29 is 4.74 Å². The van der Waals surface area contributed by atoms with Crippen LogP contribution in [0.2, 0.25) is 5.02 Å². The molecule has 0 aliphatic carbocycles. The van der Waals surface area contributed by atoms with Gasteiger partial charge in [0.25, 0.3) is 0 Å². The number of hydrogen-bond acceptors (Lipinski definition) is 3. The van der Waals surface area contributed by atoms with Crippen molar-refractivity contribution in [3.05, 3.63) is 23.2 Å². The molecule has 0 amide bonds. The van der Waals surface area contributed by atoms with Gasteiger partial charge >= 0.3 is 0 Å². The molecule has 1 aromatic carbocycles. The summed E-state index contributed by atoms with van der Waals surface area (Å²) in [5.74, 6) is 0. The van der Waals surface area contributed by atoms with Crippen LogP contribution in [0.1, 0.15) is 6.92 Å². The summed E-state index contributed by atoms with van der Waals surface area (Å²) in [6.07, 6.45) is 0. The average Bonchev–Trinajstić information content (AvgIpc) is 2.12. The zero-order valence-electron chi connectivity index (χ0n) is 8.38. The Labute approximate surface area is 89.2 Å². The zero-order valence-corrected chi connectivity index (χ0v) is 9.14. The van der Waals surface area contributed by atoms with Crippen molar-refractivity contribution in [1.29, 1.82) is 0 Å². The highest BCUT2D eigenvalue weighted by atomic mass is 35.5. The molecule has 0 saturated carbocycles. The van der Waals surface area contributed by atoms with Gasteiger partial charge in [-0.25, -0.2) is 0 Å². The van der Waals surface area contributed by atoms with Crippen LogP contribution < -0.4 is 11.1 Å². The van der Waals surface area contributed by atoms with Gasteiger partial charge in [0.15, 0.2) is 0 Å². The number of anilines is 2. The van der Waals surface area contributed by atoms with Crippen LogP contribution in [0.3, 0.4) is 0 Å². The van der Waals surface area contributed by atoms with Gasteiger partial charge in [-0.05, 0) is 19.1 Å². The fourth-order valence-electron chi connectivity index (χ4n) is 1.23. The van der Waals surface area contributed by atoms with Gasteiger partial charge < -0.3 is 15.8 Å². The van der Waals surface area contributed by atoms with E-state index in [2.05, 4.69) is 5.32 Å². The number of para-hydroxylation sites is 1. The molecule has 0 bridgehead atoms. The third kappa shape index (κ3) is 2.79. The fraction of sp³-hybridized carbons (Fsp3) is 0.400. The third-order valence-electron chi connectivity index (χ3n) is 1.85. The van der Waals surface area contributed by atoms with Crippen LogP contribution in [0.4, 0.5) is 11.4 Å². The maximum absolute atomic E-state index is 5.99. The van der Waals surface area contributed by atoms with Crippen molar-refractivity contribution in [2.75, 3.05) is 24.8 Å². The second-order valence-corrected chi connectivity index (χ2v) is 3.61. The predicted molar refractivity (Wildman–Crippen MR) is 60.8 cm³/mol. The lowest BCUT2D eigenvalue weighted by molar-refractivity contribution is 0.190. The van der Waals surface area contributed by atoms with Crippen LogP contribution in [0.5, 0.6) is 0 Å². The highest BCUT2D eigenvalue weighted by Gasteiger charge is 2.07. The first-order valence-electron chi connectivity index (χ1n) is 4.44. The molecule has 0 aromatic heterocycles. The van der Waals surface area contributed by atoms with E-state index in [1.807, 2.05) is 19.1 Å². The Kier molecular flexibility index (Phi) is 4.04. The molecular formula is C10H15ClN2O. The van der Waals surface area contributed by atoms with Gasteiger partial charge in [-0.3, -0.25) is 0 Å². The summed E-state index contributed by atoms with van der Waals surface area (Å²) in [4.78, 5) is 0. The minimum absolute atomic E-state index is 0.183. The lowest BCUT2D eigenvalue weighted by Gasteiger charge is -2.16. The first-order valence-corrected chi connectivity index (χ1v) is 4.82. The highest BCUT2D eigenvalue weighted by Crippen LogP contribution is 2.28. The second kappa shape index (κ2) is 5.08. The summed E-state index contributed by atoms with van der Waals surface area (Å²) in [6.45, 7) is 2.62. The van der Waals surface area contributed by atoms with Crippen molar-refractivity contribution in [2.45, 2.75) is 13.0 Å². The summed E-state index contributed by atoms with van der Waals surface area (Å²) in [5.41, 5.74) is 7.21. The van der Waals surface area contributed by atoms with E-state index in [1.165, 1.54) is 0 Å². The summed E-state index contributed by atoms with van der Waals surface area (Å²) in [6, 6.07) is 5.62. The SMILES string of the molecule is COCC(C)Nc1c(N)cccc1Cl. The summed E-state index contributed by atoms with van der Waals surface area (Å²) < 4.78 is 5.01. The topological polar surface area (TPSA) is 47.3 Å². The normalized spacial score (nSPS) is 12.5. The van der Waals surface area contributed by atoms with Gasteiger partial charge in [-0.15, -0.1) is 0 Å². The molecule has 78 valence electrons. The Hall–Kier alpha value is -0.930. The number of hydrogen-bond donors (Lipinski definition) is 2. The van der Waals surface area contributed by atoms with E-state index in [9.17, 15) is 0 Å². The van der Waals surface area contributed by atoms with Crippen LogP contribution in [0.15, 0.2) is 18.2 Å². The second-order valence-electron chi connectivity index (χ2n) is 3.20. The molecule has 0 fully saturated rings. The minimum Gasteiger partial charge on any atom is -0.397 e. The van der Waals surface area contributed by atoms with E-state index >= 15 is 0 Å². The van der Waals surface area contributed by atoms with Crippen molar-refractivity contribution in [2.24, 2.45) is 0 Å². The number of methoxy groups -OCH3 is 1. The average molecular weight is 215 g/mol. The van der Waals surface area contributed by atoms with Crippen LogP contribution in [-0.4, -0.2) is 19.8 Å². The van der Waals surface area contributed by atoms with Crippen LogP contribution in [0.25, 0.3) is 0 Å². The molecular weight excluding hydrogens is 200 g/mol. The molecule has 1 unspecified atom stereocenters. The van der Waals surface area contributed by atoms with E-state index in [-0.39, 0.29) is 6.04 Å². The van der Waals surface area contributed by atoms with Crippen molar-refractivity contribution in [3.8, 4) is 0 Å². The quantitative estimate of drug-likeness (QED) is 0.757. The molecule has 0 saturated heterocycles. The molecule has 3 nitrogen and oxygen atoms in total. The van der Waals surface area contributed by atoms with Crippen LogP contribution >= 0.6 is 11.6 Å². The number of benzene rings is 1. The maximum Gasteiger partial charge on any atom is 0.0766 e. The molecule has 0 aliphatic rings. The van der Waals surface area contributed by atoms with E-state index in [0.717, 1.165) is 5.69 Å². The van der Waals surface area contributed by atoms with Gasteiger partial charge in [0, 0.05) is 13.2 Å². The Balaban J connectivity index is 2.75. The number of rotatable bonds is 4. The molecule has 0 radical (unpaired) electrons. The molecule has 4 heteroatoms. The number of ether oxygens (including phenoxy) is 1. The van der Waals surface area contributed by atoms with Gasteiger partial charge in [0.1, 0.15) is 0 Å². The Bertz CT molecular complexity index is 284. The Morgan fingerprint density at radius 1 is 1.57 bits per heavy atom. The molecule has 1 aromatic rings. The van der Waals surface area contributed by atoms with Gasteiger partial charge in [0.05, 0.1) is 23.0 Å². The number of nitrogens with two attached hydrogens (primary N) is 1. The maximum atomic E-state index is 5.99. The standard InChI is InChI=1S/C10H15ClN2O/c1-7(6-14-2)13-10-8(11)4-3-5-9(10)12/h3-5,7,13H,6,12H2,1-2H3. The Morgan fingerprint density at radius 2 is 2.29 bits per heavy atom. The molecule has 0 aliphatic heterocycles. The largest absolute Gasteiger partial charge is 0.397 e. The van der Waals surface area contributed by atoms with Crippen LogP contribution in [-0.2, 0) is 4.74 Å². The third-order valence-corrected chi connectivity index (χ3v) is 2.17. The minimum atomic E-state index is 0.183. The summed E-state index contributed by atoms with van der Waals surface area (Å²) >= 11 is 5.99. The van der Waals surface area contributed by atoms with Crippen molar-refractivity contribution in [1.82, 2.24) is 0 Å². The van der Waals surface area contributed by atoms with Crippen molar-refractivity contribution >= 4 is 23.0 Å². The van der Waals surface area contributed by atoms with Gasteiger partial charge in [-0.2, -0.15) is 0 Å². The van der Waals surface area contributed by atoms with Gasteiger partial charge in [0.2, 0.25) is 0 Å². The highest BCUT2D eigenvalue weighted by molar-refractivity contribution is 6.33. The molecule has 1 rings (SSSR count). The molecule has 3 N–H and O–H groups in total. The number of halogens is 1. The van der Waals surface area contributed by atoms with E-state index in [0.29, 0.717) is 17.3 Å². The molecule has 0 spiro atoms. The molecule has 1 atom stereocenters. The first-order chi connectivity index (χ1) is 6.65. The van der Waals surface area contributed by atoms with E-state index in [4.69, 9.17) is 22.1 Å². The first kappa shape index (κ1) is 11.1. The monoisotopic (exact) mass is 214 g/mol.